The van der Waals surface area contributed by atoms with Crippen molar-refractivity contribution in [1.29, 1.82) is 0 Å². The maximum Gasteiger partial charge on any atom is 0.270 e. The van der Waals surface area contributed by atoms with E-state index in [4.69, 9.17) is 9.47 Å². The standard InChI is InChI=1S/C20H28N4O3/c1-5-6-7-10-21-19(25)16-11-14(2)23-20(24-16)22-13-15-8-9-17(26-3)18(12-15)27-4/h8-9,11-12H,5-7,10,13H2,1-4H3,(H,21,25)(H,22,23,24). The molecule has 0 unspecified atom stereocenters. The molecule has 0 atom stereocenters. The van der Waals surface area contributed by atoms with Crippen molar-refractivity contribution >= 4 is 11.9 Å². The minimum absolute atomic E-state index is 0.175. The highest BCUT2D eigenvalue weighted by Gasteiger charge is 2.11. The van der Waals surface area contributed by atoms with Gasteiger partial charge in [0.1, 0.15) is 5.69 Å². The molecule has 0 fully saturated rings. The summed E-state index contributed by atoms with van der Waals surface area (Å²) in [6.07, 6.45) is 3.19. The van der Waals surface area contributed by atoms with Crippen LogP contribution in [0.25, 0.3) is 0 Å². The summed E-state index contributed by atoms with van der Waals surface area (Å²) in [6, 6.07) is 7.37. The molecule has 0 bridgehead atoms. The van der Waals surface area contributed by atoms with Gasteiger partial charge in [0.25, 0.3) is 5.91 Å². The number of anilines is 1. The predicted octanol–water partition coefficient (Wildman–Crippen LogP) is 3.33. The summed E-state index contributed by atoms with van der Waals surface area (Å²) in [5.41, 5.74) is 2.09. The molecule has 1 heterocycles. The zero-order chi connectivity index (χ0) is 19.6. The summed E-state index contributed by atoms with van der Waals surface area (Å²) in [4.78, 5) is 21.0. The lowest BCUT2D eigenvalue weighted by atomic mass is 10.2. The number of aryl methyl sites for hydroxylation is 1. The number of aromatic nitrogens is 2. The van der Waals surface area contributed by atoms with Gasteiger partial charge < -0.3 is 20.1 Å². The molecule has 0 aliphatic heterocycles. The van der Waals surface area contributed by atoms with E-state index in [0.29, 0.717) is 36.2 Å². The van der Waals surface area contributed by atoms with Crippen LogP contribution in [0.1, 0.15) is 47.9 Å². The quantitative estimate of drug-likeness (QED) is 0.622. The molecule has 27 heavy (non-hydrogen) atoms. The van der Waals surface area contributed by atoms with Crippen LogP contribution < -0.4 is 20.1 Å². The third-order valence-corrected chi connectivity index (χ3v) is 4.05. The lowest BCUT2D eigenvalue weighted by Gasteiger charge is -2.11. The number of nitrogens with zero attached hydrogens (tertiary/aromatic N) is 2. The fraction of sp³-hybridized carbons (Fsp3) is 0.450. The Morgan fingerprint density at radius 1 is 1.07 bits per heavy atom. The summed E-state index contributed by atoms with van der Waals surface area (Å²) in [5.74, 6) is 1.58. The van der Waals surface area contributed by atoms with Gasteiger partial charge in [-0.1, -0.05) is 25.8 Å². The van der Waals surface area contributed by atoms with E-state index >= 15 is 0 Å². The molecule has 7 heteroatoms. The summed E-state index contributed by atoms with van der Waals surface area (Å²) in [5, 5.41) is 6.07. The smallest absolute Gasteiger partial charge is 0.270 e. The zero-order valence-electron chi connectivity index (χ0n) is 16.5. The van der Waals surface area contributed by atoms with Crippen molar-refractivity contribution in [3.05, 3.63) is 41.2 Å². The first kappa shape index (κ1) is 20.5. The van der Waals surface area contributed by atoms with Gasteiger partial charge in [-0.15, -0.1) is 0 Å². The van der Waals surface area contributed by atoms with Crippen LogP contribution in [-0.2, 0) is 6.54 Å². The van der Waals surface area contributed by atoms with E-state index in [1.54, 1.807) is 20.3 Å². The van der Waals surface area contributed by atoms with E-state index in [0.717, 1.165) is 30.5 Å². The summed E-state index contributed by atoms with van der Waals surface area (Å²) >= 11 is 0. The number of ether oxygens (including phenoxy) is 2. The molecule has 1 aromatic heterocycles. The summed E-state index contributed by atoms with van der Waals surface area (Å²) in [6.45, 7) is 5.13. The van der Waals surface area contributed by atoms with Crippen molar-refractivity contribution in [3.8, 4) is 11.5 Å². The van der Waals surface area contributed by atoms with Crippen LogP contribution in [0.15, 0.2) is 24.3 Å². The first-order valence-electron chi connectivity index (χ1n) is 9.16. The van der Waals surface area contributed by atoms with Crippen molar-refractivity contribution in [2.75, 3.05) is 26.1 Å². The van der Waals surface area contributed by atoms with E-state index in [1.165, 1.54) is 0 Å². The Bertz CT molecular complexity index is 765. The fourth-order valence-electron chi connectivity index (χ4n) is 2.60. The predicted molar refractivity (Wildman–Crippen MR) is 105 cm³/mol. The Kier molecular flexibility index (Phi) is 7.85. The summed E-state index contributed by atoms with van der Waals surface area (Å²) < 4.78 is 10.6. The van der Waals surface area contributed by atoms with Gasteiger partial charge in [-0.05, 0) is 37.1 Å². The van der Waals surface area contributed by atoms with E-state index < -0.39 is 0 Å². The highest BCUT2D eigenvalue weighted by Crippen LogP contribution is 2.27. The van der Waals surface area contributed by atoms with Crippen molar-refractivity contribution in [2.45, 2.75) is 39.7 Å². The number of nitrogens with one attached hydrogen (secondary N) is 2. The minimum Gasteiger partial charge on any atom is -0.493 e. The number of hydrogen-bond acceptors (Lipinski definition) is 6. The monoisotopic (exact) mass is 372 g/mol. The van der Waals surface area contributed by atoms with Crippen molar-refractivity contribution in [3.63, 3.8) is 0 Å². The maximum absolute atomic E-state index is 12.3. The molecule has 7 nitrogen and oxygen atoms in total. The molecular weight excluding hydrogens is 344 g/mol. The normalized spacial score (nSPS) is 10.4. The molecule has 146 valence electrons. The van der Waals surface area contributed by atoms with Gasteiger partial charge in [0.2, 0.25) is 5.95 Å². The number of methoxy groups -OCH3 is 2. The lowest BCUT2D eigenvalue weighted by Crippen LogP contribution is -2.26. The van der Waals surface area contributed by atoms with Crippen molar-refractivity contribution < 1.29 is 14.3 Å². The van der Waals surface area contributed by atoms with E-state index in [-0.39, 0.29) is 5.91 Å². The minimum atomic E-state index is -0.175. The highest BCUT2D eigenvalue weighted by molar-refractivity contribution is 5.92. The SMILES string of the molecule is CCCCCNC(=O)c1cc(C)nc(NCc2ccc(OC)c(OC)c2)n1. The molecular formula is C20H28N4O3. The van der Waals surface area contributed by atoms with Crippen LogP contribution in [0, 0.1) is 6.92 Å². The maximum atomic E-state index is 12.3. The number of carbonyl (C=O) groups excluding carboxylic acids is 1. The van der Waals surface area contributed by atoms with Crippen LogP contribution in [0.5, 0.6) is 11.5 Å². The molecule has 2 aromatic rings. The Hall–Kier alpha value is -2.83. The van der Waals surface area contributed by atoms with Gasteiger partial charge >= 0.3 is 0 Å². The van der Waals surface area contributed by atoms with E-state index in [9.17, 15) is 4.79 Å². The highest BCUT2D eigenvalue weighted by atomic mass is 16.5. The van der Waals surface area contributed by atoms with Gasteiger partial charge in [-0.3, -0.25) is 4.79 Å². The van der Waals surface area contributed by atoms with Gasteiger partial charge in [0.05, 0.1) is 14.2 Å². The molecule has 0 saturated heterocycles. The average molecular weight is 372 g/mol. The van der Waals surface area contributed by atoms with Crippen molar-refractivity contribution in [1.82, 2.24) is 15.3 Å². The number of hydrogen-bond donors (Lipinski definition) is 2. The molecule has 0 radical (unpaired) electrons. The Morgan fingerprint density at radius 3 is 2.56 bits per heavy atom. The first-order chi connectivity index (χ1) is 13.1. The van der Waals surface area contributed by atoms with Gasteiger partial charge in [-0.2, -0.15) is 0 Å². The van der Waals surface area contributed by atoms with Crippen LogP contribution in [0.2, 0.25) is 0 Å². The van der Waals surface area contributed by atoms with Crippen LogP contribution >= 0.6 is 0 Å². The lowest BCUT2D eigenvalue weighted by molar-refractivity contribution is 0.0948. The van der Waals surface area contributed by atoms with Crippen LogP contribution in [-0.4, -0.2) is 36.6 Å². The second-order valence-corrected chi connectivity index (χ2v) is 6.22. The largest absolute Gasteiger partial charge is 0.493 e. The molecule has 1 aromatic carbocycles. The average Bonchev–Trinajstić information content (AvgIpc) is 2.68. The number of unbranched alkanes of at least 4 members (excludes halogenated alkanes) is 2. The van der Waals surface area contributed by atoms with Gasteiger partial charge in [-0.25, -0.2) is 9.97 Å². The third kappa shape index (κ3) is 6.13. The Balaban J connectivity index is 2.02. The molecule has 1 amide bonds. The van der Waals surface area contributed by atoms with Gasteiger partial charge in [0, 0.05) is 18.8 Å². The zero-order valence-corrected chi connectivity index (χ0v) is 16.5. The topological polar surface area (TPSA) is 85.4 Å². The van der Waals surface area contributed by atoms with Gasteiger partial charge in [0.15, 0.2) is 11.5 Å². The number of amides is 1. The third-order valence-electron chi connectivity index (χ3n) is 4.05. The molecule has 0 saturated carbocycles. The molecule has 0 spiro atoms. The second-order valence-electron chi connectivity index (χ2n) is 6.22. The Labute approximate surface area is 160 Å². The molecule has 2 rings (SSSR count). The molecule has 0 aliphatic rings. The van der Waals surface area contributed by atoms with E-state index in [1.807, 2.05) is 25.1 Å². The molecule has 2 N–H and O–H groups in total. The number of carbonyl (C=O) groups is 1. The van der Waals surface area contributed by atoms with Crippen LogP contribution in [0.3, 0.4) is 0 Å². The number of benzene rings is 1. The van der Waals surface area contributed by atoms with Crippen molar-refractivity contribution in [2.24, 2.45) is 0 Å². The second kappa shape index (κ2) is 10.4. The van der Waals surface area contributed by atoms with E-state index in [2.05, 4.69) is 27.5 Å². The number of rotatable bonds is 10. The van der Waals surface area contributed by atoms with Crippen LogP contribution in [0.4, 0.5) is 5.95 Å². The summed E-state index contributed by atoms with van der Waals surface area (Å²) in [7, 11) is 3.20. The fourth-order valence-corrected chi connectivity index (χ4v) is 2.60. The Morgan fingerprint density at radius 2 is 1.85 bits per heavy atom. The first-order valence-corrected chi connectivity index (χ1v) is 9.16. The molecule has 0 aliphatic carbocycles.